The van der Waals surface area contributed by atoms with E-state index in [1.54, 1.807) is 13.4 Å². The van der Waals surface area contributed by atoms with Gasteiger partial charge in [-0.3, -0.25) is 14.3 Å². The zero-order valence-corrected chi connectivity index (χ0v) is 17.1. The lowest BCUT2D eigenvalue weighted by molar-refractivity contribution is -0.150. The van der Waals surface area contributed by atoms with Gasteiger partial charge in [0.15, 0.2) is 0 Å². The molecule has 2 aromatic heterocycles. The van der Waals surface area contributed by atoms with Crippen molar-refractivity contribution in [1.29, 1.82) is 0 Å². The highest BCUT2D eigenvalue weighted by molar-refractivity contribution is 9.10. The van der Waals surface area contributed by atoms with Gasteiger partial charge in [-0.15, -0.1) is 5.10 Å². The summed E-state index contributed by atoms with van der Waals surface area (Å²) in [7, 11) is 1.64. The van der Waals surface area contributed by atoms with Crippen molar-refractivity contribution < 1.29 is 9.59 Å². The predicted molar refractivity (Wildman–Crippen MR) is 103 cm³/mol. The van der Waals surface area contributed by atoms with Crippen molar-refractivity contribution in [2.45, 2.75) is 44.1 Å². The zero-order valence-electron chi connectivity index (χ0n) is 15.6. The molecular weight excluding hydrogens is 426 g/mol. The largest absolute Gasteiger partial charge is 0.364 e. The molecule has 0 radical (unpaired) electrons. The molecule has 4 aliphatic rings. The molecule has 2 unspecified atom stereocenters. The number of amides is 2. The number of nitrogens with zero attached hydrogens (tertiary/aromatic N) is 5. The minimum Gasteiger partial charge on any atom is -0.364 e. The molecule has 2 atom stereocenters. The highest BCUT2D eigenvalue weighted by Crippen LogP contribution is 2.64. The number of aromatic nitrogens is 5. The molecule has 9 nitrogen and oxygen atoms in total. The Morgan fingerprint density at radius 2 is 2.00 bits per heavy atom. The smallest absolute Gasteiger partial charge is 0.269 e. The molecule has 10 heteroatoms. The number of nitrogens with two attached hydrogens (primary N) is 1. The van der Waals surface area contributed by atoms with Crippen LogP contribution >= 0.6 is 15.9 Å². The van der Waals surface area contributed by atoms with Crippen LogP contribution in [-0.2, 0) is 17.4 Å². The first kappa shape index (κ1) is 17.8. The topological polar surface area (TPSA) is 121 Å². The van der Waals surface area contributed by atoms with E-state index in [4.69, 9.17) is 5.73 Å². The summed E-state index contributed by atoms with van der Waals surface area (Å²) in [6, 6.07) is 0. The molecule has 4 saturated carbocycles. The molecule has 0 aliphatic heterocycles. The number of carbonyl (C=O) groups is 2. The van der Waals surface area contributed by atoms with Crippen LogP contribution in [0.15, 0.2) is 17.3 Å². The standard InChI is InChI=1S/C18H22BrN7O2/c1-25-13(14(20)27)12(7-22-25)23-15(28)17-3-10-2-11(4-17)6-18(5-10,8-17)26-9-21-16(19)24-26/h7,9-11H,2-6,8H2,1H3,(H2,20,27)(H,23,28). The third-order valence-corrected chi connectivity index (χ3v) is 7.25. The molecule has 28 heavy (non-hydrogen) atoms. The highest BCUT2D eigenvalue weighted by atomic mass is 79.9. The van der Waals surface area contributed by atoms with Gasteiger partial charge in [-0.2, -0.15) is 5.10 Å². The molecule has 3 N–H and O–H groups in total. The lowest BCUT2D eigenvalue weighted by Gasteiger charge is -2.60. The Morgan fingerprint density at radius 1 is 1.29 bits per heavy atom. The van der Waals surface area contributed by atoms with E-state index < -0.39 is 11.3 Å². The van der Waals surface area contributed by atoms with Crippen LogP contribution in [0, 0.1) is 17.3 Å². The van der Waals surface area contributed by atoms with Crippen LogP contribution in [0.1, 0.15) is 49.0 Å². The average molecular weight is 448 g/mol. The fourth-order valence-corrected chi connectivity index (χ4v) is 6.56. The molecule has 4 bridgehead atoms. The van der Waals surface area contributed by atoms with E-state index in [0.29, 0.717) is 22.3 Å². The van der Waals surface area contributed by atoms with Crippen LogP contribution in [-0.4, -0.2) is 36.4 Å². The summed E-state index contributed by atoms with van der Waals surface area (Å²) in [6.07, 6.45) is 8.99. The number of rotatable bonds is 4. The first-order valence-electron chi connectivity index (χ1n) is 9.51. The Balaban J connectivity index is 1.48. The predicted octanol–water partition coefficient (Wildman–Crippen LogP) is 1.81. The molecule has 0 saturated heterocycles. The number of halogens is 1. The average Bonchev–Trinajstić information content (AvgIpc) is 3.20. The number of hydrogen-bond donors (Lipinski definition) is 2. The van der Waals surface area contributed by atoms with Crippen LogP contribution in [0.2, 0.25) is 0 Å². The SMILES string of the molecule is Cn1ncc(NC(=O)C23CC4CC(C2)CC(n2cnc(Br)n2)(C4)C3)c1C(N)=O. The summed E-state index contributed by atoms with van der Waals surface area (Å²) in [5, 5.41) is 11.6. The third kappa shape index (κ3) is 2.53. The molecule has 2 heterocycles. The number of carbonyl (C=O) groups excluding carboxylic acids is 2. The molecule has 4 fully saturated rings. The Bertz CT molecular complexity index is 966. The summed E-state index contributed by atoms with van der Waals surface area (Å²) in [6.45, 7) is 0. The van der Waals surface area contributed by atoms with E-state index in [0.717, 1.165) is 32.1 Å². The van der Waals surface area contributed by atoms with Gasteiger partial charge in [0.25, 0.3) is 5.91 Å². The van der Waals surface area contributed by atoms with Gasteiger partial charge in [0, 0.05) is 7.05 Å². The van der Waals surface area contributed by atoms with Gasteiger partial charge in [-0.05, 0) is 66.3 Å². The lowest BCUT2D eigenvalue weighted by atomic mass is 9.46. The van der Waals surface area contributed by atoms with E-state index >= 15 is 0 Å². The Kier molecular flexibility index (Phi) is 3.75. The minimum absolute atomic E-state index is 0.0411. The maximum Gasteiger partial charge on any atom is 0.269 e. The third-order valence-electron chi connectivity index (χ3n) is 6.88. The fourth-order valence-electron chi connectivity index (χ4n) is 6.30. The van der Waals surface area contributed by atoms with Gasteiger partial charge in [-0.1, -0.05) is 0 Å². The molecule has 6 rings (SSSR count). The summed E-state index contributed by atoms with van der Waals surface area (Å²) in [5.41, 5.74) is 5.44. The second kappa shape index (κ2) is 5.88. The normalized spacial score (nSPS) is 33.2. The van der Waals surface area contributed by atoms with E-state index in [9.17, 15) is 9.59 Å². The molecular formula is C18H22BrN7O2. The Labute approximate surface area is 170 Å². The second-order valence-corrected chi connectivity index (χ2v) is 9.48. The number of primary amides is 1. The quantitative estimate of drug-likeness (QED) is 0.739. The minimum atomic E-state index is -0.607. The molecule has 0 spiro atoms. The number of nitrogens with one attached hydrogen (secondary N) is 1. The van der Waals surface area contributed by atoms with Crippen LogP contribution in [0.4, 0.5) is 5.69 Å². The van der Waals surface area contributed by atoms with Crippen molar-refractivity contribution >= 4 is 33.4 Å². The summed E-state index contributed by atoms with van der Waals surface area (Å²) in [5.74, 6) is 0.351. The first-order chi connectivity index (χ1) is 13.3. The molecule has 4 aliphatic carbocycles. The van der Waals surface area contributed by atoms with E-state index in [2.05, 4.69) is 36.4 Å². The van der Waals surface area contributed by atoms with Gasteiger partial charge in [-0.25, -0.2) is 9.67 Å². The van der Waals surface area contributed by atoms with Gasteiger partial charge >= 0.3 is 0 Å². The van der Waals surface area contributed by atoms with Crippen LogP contribution < -0.4 is 11.1 Å². The molecule has 2 aromatic rings. The van der Waals surface area contributed by atoms with Crippen molar-refractivity contribution in [1.82, 2.24) is 24.5 Å². The zero-order chi connectivity index (χ0) is 19.7. The van der Waals surface area contributed by atoms with Crippen LogP contribution in [0.3, 0.4) is 0 Å². The van der Waals surface area contributed by atoms with Gasteiger partial charge in [0.2, 0.25) is 10.6 Å². The van der Waals surface area contributed by atoms with Crippen molar-refractivity contribution in [2.75, 3.05) is 5.32 Å². The Morgan fingerprint density at radius 3 is 2.61 bits per heavy atom. The number of anilines is 1. The maximum atomic E-state index is 13.5. The summed E-state index contributed by atoms with van der Waals surface area (Å²) < 4.78 is 3.94. The molecule has 148 valence electrons. The molecule has 0 aromatic carbocycles. The Hall–Kier alpha value is -2.23. The highest BCUT2D eigenvalue weighted by Gasteiger charge is 2.61. The summed E-state index contributed by atoms with van der Waals surface area (Å²) >= 11 is 3.35. The number of aryl methyl sites for hydroxylation is 1. The first-order valence-corrected chi connectivity index (χ1v) is 10.3. The van der Waals surface area contributed by atoms with Gasteiger partial charge < -0.3 is 11.1 Å². The number of hydrogen-bond acceptors (Lipinski definition) is 5. The van der Waals surface area contributed by atoms with Crippen LogP contribution in [0.5, 0.6) is 0 Å². The van der Waals surface area contributed by atoms with E-state index in [1.807, 2.05) is 4.68 Å². The van der Waals surface area contributed by atoms with Crippen molar-refractivity contribution in [3.63, 3.8) is 0 Å². The fraction of sp³-hybridized carbons (Fsp3) is 0.611. The summed E-state index contributed by atoms with van der Waals surface area (Å²) in [4.78, 5) is 29.5. The van der Waals surface area contributed by atoms with Gasteiger partial charge in [0.1, 0.15) is 12.0 Å². The second-order valence-electron chi connectivity index (χ2n) is 8.77. The van der Waals surface area contributed by atoms with Crippen LogP contribution in [0.25, 0.3) is 0 Å². The van der Waals surface area contributed by atoms with Crippen molar-refractivity contribution in [3.8, 4) is 0 Å². The van der Waals surface area contributed by atoms with E-state index in [-0.39, 0.29) is 17.1 Å². The van der Waals surface area contributed by atoms with E-state index in [1.165, 1.54) is 17.3 Å². The lowest BCUT2D eigenvalue weighted by Crippen LogP contribution is -2.60. The maximum absolute atomic E-state index is 13.5. The molecule has 2 amide bonds. The monoisotopic (exact) mass is 447 g/mol. The van der Waals surface area contributed by atoms with Crippen molar-refractivity contribution in [3.05, 3.63) is 23.0 Å². The van der Waals surface area contributed by atoms with Crippen molar-refractivity contribution in [2.24, 2.45) is 30.0 Å². The van der Waals surface area contributed by atoms with Gasteiger partial charge in [0.05, 0.1) is 22.8 Å².